The fraction of sp³-hybridized carbons (Fsp3) is 0.571. The van der Waals surface area contributed by atoms with Crippen molar-refractivity contribution in [3.05, 3.63) is 39.9 Å². The Bertz CT molecular complexity index is 385. The Morgan fingerprint density at radius 2 is 1.89 bits per heavy atom. The van der Waals surface area contributed by atoms with Crippen molar-refractivity contribution in [1.29, 1.82) is 0 Å². The summed E-state index contributed by atoms with van der Waals surface area (Å²) in [6.07, 6.45) is 2.05. The van der Waals surface area contributed by atoms with Crippen molar-refractivity contribution in [2.45, 2.75) is 33.6 Å². The molecule has 0 bridgehead atoms. The van der Waals surface area contributed by atoms with E-state index in [4.69, 9.17) is 0 Å². The standard InChI is InChI=1S/C14H22N2O2/c1-4-14(2,3)11-15-10-9-12-5-7-13(8-6-12)16(17)18/h5-8,15H,4,9-11H2,1-3H3. The molecule has 0 amide bonds. The van der Waals surface area contributed by atoms with Crippen molar-refractivity contribution >= 4 is 5.69 Å². The molecule has 1 aromatic carbocycles. The smallest absolute Gasteiger partial charge is 0.269 e. The minimum Gasteiger partial charge on any atom is -0.316 e. The molecule has 4 nitrogen and oxygen atoms in total. The first-order valence-electron chi connectivity index (χ1n) is 6.38. The summed E-state index contributed by atoms with van der Waals surface area (Å²) < 4.78 is 0. The van der Waals surface area contributed by atoms with Crippen LogP contribution in [0, 0.1) is 15.5 Å². The summed E-state index contributed by atoms with van der Waals surface area (Å²) in [6.45, 7) is 8.58. The van der Waals surface area contributed by atoms with Crippen LogP contribution in [0.25, 0.3) is 0 Å². The number of hydrogen-bond acceptors (Lipinski definition) is 3. The average molecular weight is 250 g/mol. The molecular formula is C14H22N2O2. The molecule has 0 saturated heterocycles. The number of nitro benzene ring substituents is 1. The second-order valence-corrected chi connectivity index (χ2v) is 5.37. The Kier molecular flexibility index (Phi) is 5.28. The van der Waals surface area contributed by atoms with Gasteiger partial charge in [-0.05, 0) is 30.4 Å². The van der Waals surface area contributed by atoms with E-state index in [2.05, 4.69) is 26.1 Å². The minimum absolute atomic E-state index is 0.152. The molecule has 0 aromatic heterocycles. The third-order valence-electron chi connectivity index (χ3n) is 3.30. The van der Waals surface area contributed by atoms with Crippen molar-refractivity contribution in [2.75, 3.05) is 13.1 Å². The quantitative estimate of drug-likeness (QED) is 0.459. The zero-order valence-electron chi connectivity index (χ0n) is 11.4. The summed E-state index contributed by atoms with van der Waals surface area (Å²) in [5.41, 5.74) is 1.61. The van der Waals surface area contributed by atoms with Gasteiger partial charge in [0.25, 0.3) is 5.69 Å². The summed E-state index contributed by atoms with van der Waals surface area (Å²) in [5, 5.41) is 13.9. The van der Waals surface area contributed by atoms with Crippen LogP contribution in [-0.4, -0.2) is 18.0 Å². The molecule has 0 unspecified atom stereocenters. The molecule has 0 atom stereocenters. The van der Waals surface area contributed by atoms with E-state index in [9.17, 15) is 10.1 Å². The van der Waals surface area contributed by atoms with Crippen molar-refractivity contribution in [3.8, 4) is 0 Å². The summed E-state index contributed by atoms with van der Waals surface area (Å²) in [6, 6.07) is 6.77. The highest BCUT2D eigenvalue weighted by Crippen LogP contribution is 2.17. The highest BCUT2D eigenvalue weighted by Gasteiger charge is 2.13. The number of non-ortho nitro benzene ring substituents is 1. The minimum atomic E-state index is -0.369. The Balaban J connectivity index is 2.34. The summed E-state index contributed by atoms with van der Waals surface area (Å²) in [4.78, 5) is 10.1. The van der Waals surface area contributed by atoms with Crippen LogP contribution in [0.3, 0.4) is 0 Å². The van der Waals surface area contributed by atoms with Gasteiger partial charge in [0.15, 0.2) is 0 Å². The number of nitrogens with zero attached hydrogens (tertiary/aromatic N) is 1. The molecule has 0 saturated carbocycles. The van der Waals surface area contributed by atoms with E-state index in [0.29, 0.717) is 5.41 Å². The number of benzene rings is 1. The lowest BCUT2D eigenvalue weighted by Crippen LogP contribution is -2.30. The van der Waals surface area contributed by atoms with Crippen molar-refractivity contribution in [2.24, 2.45) is 5.41 Å². The SMILES string of the molecule is CCC(C)(C)CNCCc1ccc([N+](=O)[O-])cc1. The normalized spacial score (nSPS) is 11.5. The monoisotopic (exact) mass is 250 g/mol. The number of hydrogen-bond donors (Lipinski definition) is 1. The van der Waals surface area contributed by atoms with E-state index in [1.807, 2.05) is 12.1 Å². The molecule has 4 heteroatoms. The maximum atomic E-state index is 10.5. The van der Waals surface area contributed by atoms with Gasteiger partial charge in [-0.1, -0.05) is 32.9 Å². The molecule has 0 aliphatic rings. The topological polar surface area (TPSA) is 55.2 Å². The van der Waals surface area contributed by atoms with E-state index in [0.717, 1.165) is 31.5 Å². The van der Waals surface area contributed by atoms with Gasteiger partial charge in [0.1, 0.15) is 0 Å². The fourth-order valence-corrected chi connectivity index (χ4v) is 1.57. The fourth-order valence-electron chi connectivity index (χ4n) is 1.57. The second kappa shape index (κ2) is 6.50. The van der Waals surface area contributed by atoms with Crippen LogP contribution in [0.2, 0.25) is 0 Å². The van der Waals surface area contributed by atoms with Gasteiger partial charge in [0, 0.05) is 18.7 Å². The van der Waals surface area contributed by atoms with E-state index in [1.54, 1.807) is 12.1 Å². The van der Waals surface area contributed by atoms with Gasteiger partial charge in [-0.25, -0.2) is 0 Å². The highest BCUT2D eigenvalue weighted by molar-refractivity contribution is 5.32. The lowest BCUT2D eigenvalue weighted by Gasteiger charge is -2.22. The number of nitro groups is 1. The molecule has 0 aliphatic carbocycles. The molecule has 0 radical (unpaired) electrons. The molecule has 0 spiro atoms. The lowest BCUT2D eigenvalue weighted by atomic mass is 9.90. The van der Waals surface area contributed by atoms with Gasteiger partial charge in [-0.2, -0.15) is 0 Å². The summed E-state index contributed by atoms with van der Waals surface area (Å²) in [7, 11) is 0. The molecule has 0 fully saturated rings. The van der Waals surface area contributed by atoms with Crippen molar-refractivity contribution in [3.63, 3.8) is 0 Å². The predicted octanol–water partition coefficient (Wildman–Crippen LogP) is 3.16. The van der Waals surface area contributed by atoms with Gasteiger partial charge in [0.05, 0.1) is 4.92 Å². The van der Waals surface area contributed by atoms with E-state index in [-0.39, 0.29) is 10.6 Å². The zero-order chi connectivity index (χ0) is 13.6. The third-order valence-corrected chi connectivity index (χ3v) is 3.30. The van der Waals surface area contributed by atoms with E-state index >= 15 is 0 Å². The number of rotatable bonds is 7. The lowest BCUT2D eigenvalue weighted by molar-refractivity contribution is -0.384. The third kappa shape index (κ3) is 4.84. The molecule has 18 heavy (non-hydrogen) atoms. The molecular weight excluding hydrogens is 228 g/mol. The second-order valence-electron chi connectivity index (χ2n) is 5.37. The van der Waals surface area contributed by atoms with E-state index in [1.165, 1.54) is 0 Å². The first kappa shape index (κ1) is 14.6. The van der Waals surface area contributed by atoms with Crippen LogP contribution < -0.4 is 5.32 Å². The first-order chi connectivity index (χ1) is 8.44. The molecule has 1 rings (SSSR count). The Morgan fingerprint density at radius 3 is 2.39 bits per heavy atom. The van der Waals surface area contributed by atoms with Gasteiger partial charge in [-0.3, -0.25) is 10.1 Å². The van der Waals surface area contributed by atoms with Crippen molar-refractivity contribution in [1.82, 2.24) is 5.32 Å². The molecule has 0 aliphatic heterocycles. The first-order valence-corrected chi connectivity index (χ1v) is 6.38. The van der Waals surface area contributed by atoms with Gasteiger partial charge in [-0.15, -0.1) is 0 Å². The molecule has 0 heterocycles. The predicted molar refractivity (Wildman–Crippen MR) is 73.7 cm³/mol. The molecule has 100 valence electrons. The van der Waals surface area contributed by atoms with Crippen LogP contribution in [0.1, 0.15) is 32.8 Å². The largest absolute Gasteiger partial charge is 0.316 e. The average Bonchev–Trinajstić information content (AvgIpc) is 2.35. The summed E-state index contributed by atoms with van der Waals surface area (Å²) in [5.74, 6) is 0. The zero-order valence-corrected chi connectivity index (χ0v) is 11.4. The highest BCUT2D eigenvalue weighted by atomic mass is 16.6. The maximum Gasteiger partial charge on any atom is 0.269 e. The maximum absolute atomic E-state index is 10.5. The molecule has 1 aromatic rings. The van der Waals surface area contributed by atoms with Crippen LogP contribution in [0.4, 0.5) is 5.69 Å². The Hall–Kier alpha value is -1.42. The summed E-state index contributed by atoms with van der Waals surface area (Å²) >= 11 is 0. The van der Waals surface area contributed by atoms with Crippen molar-refractivity contribution < 1.29 is 4.92 Å². The van der Waals surface area contributed by atoms with Crippen LogP contribution in [0.15, 0.2) is 24.3 Å². The van der Waals surface area contributed by atoms with Crippen LogP contribution in [0.5, 0.6) is 0 Å². The Labute approximate surface area is 109 Å². The van der Waals surface area contributed by atoms with E-state index < -0.39 is 0 Å². The number of nitrogens with one attached hydrogen (secondary N) is 1. The Morgan fingerprint density at radius 1 is 1.28 bits per heavy atom. The van der Waals surface area contributed by atoms with Gasteiger partial charge in [0.2, 0.25) is 0 Å². The molecule has 1 N–H and O–H groups in total. The van der Waals surface area contributed by atoms with Crippen LogP contribution in [-0.2, 0) is 6.42 Å². The van der Waals surface area contributed by atoms with Crippen LogP contribution >= 0.6 is 0 Å². The van der Waals surface area contributed by atoms with Gasteiger partial charge >= 0.3 is 0 Å². The van der Waals surface area contributed by atoms with Gasteiger partial charge < -0.3 is 5.32 Å².